The first-order chi connectivity index (χ1) is 23.4. The number of nitrogens with one attached hydrogen (secondary N) is 4. The van der Waals surface area contributed by atoms with Crippen LogP contribution in [0.15, 0.2) is 36.7 Å². The SMILES string of the molecule is Cc1cc(-c2n[nH]c(C(F)(F)F)c2-c2cnc(C(=O)NCc3ccc(C(=O)N4CCN(C(=O)C5CCNCC5)CC4)c(Cl)c3)[nH]2)cnc1N. The van der Waals surface area contributed by atoms with E-state index < -0.39 is 17.8 Å². The first-order valence-corrected chi connectivity index (χ1v) is 16.1. The molecule has 3 amide bonds. The van der Waals surface area contributed by atoms with Gasteiger partial charge in [-0.15, -0.1) is 0 Å². The number of nitrogens with two attached hydrogens (primary N) is 1. The molecule has 2 aliphatic heterocycles. The molecule has 0 saturated carbocycles. The number of nitrogens with zero attached hydrogens (tertiary/aromatic N) is 5. The van der Waals surface area contributed by atoms with Gasteiger partial charge in [0.2, 0.25) is 5.91 Å². The van der Waals surface area contributed by atoms with Crippen molar-refractivity contribution >= 4 is 35.1 Å². The van der Waals surface area contributed by atoms with Gasteiger partial charge in [0.05, 0.1) is 28.0 Å². The molecular formula is C32H34ClF3N10O3. The summed E-state index contributed by atoms with van der Waals surface area (Å²) in [4.78, 5) is 53.3. The Morgan fingerprint density at radius 2 is 1.76 bits per heavy atom. The fourth-order valence-corrected chi connectivity index (χ4v) is 6.32. The van der Waals surface area contributed by atoms with Crippen LogP contribution in [0.1, 0.15) is 50.6 Å². The second kappa shape index (κ2) is 13.9. The molecule has 3 aromatic heterocycles. The maximum Gasteiger partial charge on any atom is 0.433 e. The highest BCUT2D eigenvalue weighted by molar-refractivity contribution is 6.33. The Morgan fingerprint density at radius 1 is 1.04 bits per heavy atom. The van der Waals surface area contributed by atoms with Crippen molar-refractivity contribution in [1.82, 2.24) is 45.6 Å². The molecule has 1 aromatic carbocycles. The summed E-state index contributed by atoms with van der Waals surface area (Å²) >= 11 is 6.49. The van der Waals surface area contributed by atoms with Gasteiger partial charge in [0.1, 0.15) is 17.2 Å². The number of aromatic amines is 2. The number of hydrogen-bond donors (Lipinski definition) is 5. The van der Waals surface area contributed by atoms with Crippen LogP contribution in [0.25, 0.3) is 22.5 Å². The van der Waals surface area contributed by atoms with Gasteiger partial charge in [0, 0.05) is 50.4 Å². The van der Waals surface area contributed by atoms with Gasteiger partial charge < -0.3 is 31.2 Å². The quantitative estimate of drug-likeness (QED) is 0.194. The third-order valence-corrected chi connectivity index (χ3v) is 9.10. The number of imidazole rings is 1. The number of aryl methyl sites for hydroxylation is 1. The summed E-state index contributed by atoms with van der Waals surface area (Å²) in [6, 6.07) is 6.36. The number of alkyl halides is 3. The van der Waals surface area contributed by atoms with Gasteiger partial charge in [-0.05, 0) is 62.2 Å². The van der Waals surface area contributed by atoms with Gasteiger partial charge in [-0.2, -0.15) is 18.3 Å². The second-order valence-corrected chi connectivity index (χ2v) is 12.4. The summed E-state index contributed by atoms with van der Waals surface area (Å²) in [6.07, 6.45) is -0.703. The molecule has 6 rings (SSSR count). The molecular weight excluding hydrogens is 665 g/mol. The molecule has 4 aromatic rings. The number of amides is 3. The number of carbonyl (C=O) groups is 3. The van der Waals surface area contributed by atoms with Gasteiger partial charge in [0.25, 0.3) is 11.8 Å². The Labute approximate surface area is 283 Å². The summed E-state index contributed by atoms with van der Waals surface area (Å²) in [5, 5.41) is 12.1. The standard InChI is InChI=1S/C32H34ClF3N10O3/c1-17-12-20(15-39-27(17)37)25-24(26(44-43-25)32(34,35)36)23-16-40-28(42-23)29(47)41-14-18-2-3-21(22(33)13-18)31(49)46-10-8-45(9-11-46)30(48)19-4-6-38-7-5-19/h2-3,12-13,15-16,19,38H,4-11,14H2,1H3,(H2,37,39)(H,40,42)(H,41,47)(H,43,44). The molecule has 0 aliphatic carbocycles. The van der Waals surface area contributed by atoms with E-state index in [-0.39, 0.29) is 63.5 Å². The van der Waals surface area contributed by atoms with E-state index in [1.54, 1.807) is 36.1 Å². The third-order valence-electron chi connectivity index (χ3n) is 8.79. The maximum atomic E-state index is 13.9. The minimum atomic E-state index is -4.78. The highest BCUT2D eigenvalue weighted by Gasteiger charge is 2.39. The van der Waals surface area contributed by atoms with E-state index >= 15 is 0 Å². The minimum Gasteiger partial charge on any atom is -0.383 e. The Kier molecular flexibility index (Phi) is 9.61. The minimum absolute atomic E-state index is 0.00166. The van der Waals surface area contributed by atoms with Crippen molar-refractivity contribution in [3.63, 3.8) is 0 Å². The molecule has 0 bridgehead atoms. The molecule has 0 spiro atoms. The van der Waals surface area contributed by atoms with Crippen molar-refractivity contribution in [2.24, 2.45) is 5.92 Å². The highest BCUT2D eigenvalue weighted by atomic mass is 35.5. The number of piperidine rings is 1. The molecule has 258 valence electrons. The van der Waals surface area contributed by atoms with Crippen LogP contribution in [0.5, 0.6) is 0 Å². The molecule has 0 unspecified atom stereocenters. The lowest BCUT2D eigenvalue weighted by molar-refractivity contribution is -0.140. The van der Waals surface area contributed by atoms with Crippen LogP contribution in [-0.2, 0) is 17.5 Å². The van der Waals surface area contributed by atoms with Crippen molar-refractivity contribution in [3.8, 4) is 22.5 Å². The number of carbonyl (C=O) groups excluding carboxylic acids is 3. The normalized spacial score (nSPS) is 15.8. The summed E-state index contributed by atoms with van der Waals surface area (Å²) in [5.41, 5.74) is 5.93. The number of pyridine rings is 1. The number of piperazine rings is 1. The fraction of sp³-hybridized carbons (Fsp3) is 0.375. The number of anilines is 1. The maximum absolute atomic E-state index is 13.9. The van der Waals surface area contributed by atoms with Crippen LogP contribution in [0, 0.1) is 12.8 Å². The van der Waals surface area contributed by atoms with E-state index in [1.807, 2.05) is 10.00 Å². The summed E-state index contributed by atoms with van der Waals surface area (Å²) in [6.45, 7) is 5.06. The first kappa shape index (κ1) is 33.9. The van der Waals surface area contributed by atoms with Crippen LogP contribution >= 0.6 is 11.6 Å². The second-order valence-electron chi connectivity index (χ2n) is 12.0. The van der Waals surface area contributed by atoms with Crippen molar-refractivity contribution in [3.05, 3.63) is 69.9 Å². The number of aromatic nitrogens is 5. The Morgan fingerprint density at radius 3 is 2.43 bits per heavy atom. The van der Waals surface area contributed by atoms with Gasteiger partial charge in [-0.1, -0.05) is 17.7 Å². The topological polar surface area (TPSA) is 178 Å². The number of H-pyrrole nitrogens is 2. The Hall–Kier alpha value is -4.96. The molecule has 2 saturated heterocycles. The molecule has 49 heavy (non-hydrogen) atoms. The van der Waals surface area contributed by atoms with Crippen LogP contribution in [0.4, 0.5) is 19.0 Å². The third kappa shape index (κ3) is 7.24. The molecule has 5 heterocycles. The zero-order valence-corrected chi connectivity index (χ0v) is 27.2. The van der Waals surface area contributed by atoms with Crippen LogP contribution < -0.4 is 16.4 Å². The lowest BCUT2D eigenvalue weighted by atomic mass is 9.96. The van der Waals surface area contributed by atoms with E-state index in [0.29, 0.717) is 42.9 Å². The molecule has 2 fully saturated rings. The zero-order chi connectivity index (χ0) is 34.9. The summed E-state index contributed by atoms with van der Waals surface area (Å²) in [5.74, 6) is -0.753. The van der Waals surface area contributed by atoms with E-state index in [0.717, 1.165) is 32.1 Å². The van der Waals surface area contributed by atoms with E-state index in [9.17, 15) is 27.6 Å². The molecule has 0 radical (unpaired) electrons. The van der Waals surface area contributed by atoms with Crippen molar-refractivity contribution in [2.45, 2.75) is 32.5 Å². The first-order valence-electron chi connectivity index (χ1n) is 15.7. The van der Waals surface area contributed by atoms with E-state index in [1.165, 1.54) is 6.20 Å². The molecule has 0 atom stereocenters. The predicted octanol–water partition coefficient (Wildman–Crippen LogP) is 3.64. The summed E-state index contributed by atoms with van der Waals surface area (Å²) < 4.78 is 41.8. The average Bonchev–Trinajstić information content (AvgIpc) is 3.77. The van der Waals surface area contributed by atoms with Crippen molar-refractivity contribution < 1.29 is 27.6 Å². The average molecular weight is 699 g/mol. The number of benzene rings is 1. The molecule has 2 aliphatic rings. The highest BCUT2D eigenvalue weighted by Crippen LogP contribution is 2.40. The lowest BCUT2D eigenvalue weighted by Gasteiger charge is -2.37. The van der Waals surface area contributed by atoms with E-state index in [4.69, 9.17) is 17.3 Å². The van der Waals surface area contributed by atoms with Crippen molar-refractivity contribution in [1.29, 1.82) is 0 Å². The lowest BCUT2D eigenvalue weighted by Crippen LogP contribution is -2.52. The van der Waals surface area contributed by atoms with Crippen LogP contribution in [-0.4, -0.2) is 91.9 Å². The Balaban J connectivity index is 1.09. The largest absolute Gasteiger partial charge is 0.433 e. The van der Waals surface area contributed by atoms with Gasteiger partial charge in [0.15, 0.2) is 5.82 Å². The van der Waals surface area contributed by atoms with Gasteiger partial charge in [-0.3, -0.25) is 19.5 Å². The zero-order valence-electron chi connectivity index (χ0n) is 26.5. The summed E-state index contributed by atoms with van der Waals surface area (Å²) in [7, 11) is 0. The van der Waals surface area contributed by atoms with Gasteiger partial charge >= 0.3 is 6.18 Å². The molecule has 17 heteroatoms. The predicted molar refractivity (Wildman–Crippen MR) is 174 cm³/mol. The fourth-order valence-electron chi connectivity index (χ4n) is 6.03. The van der Waals surface area contributed by atoms with Crippen molar-refractivity contribution in [2.75, 3.05) is 45.0 Å². The number of rotatable bonds is 7. The van der Waals surface area contributed by atoms with Crippen LogP contribution in [0.3, 0.4) is 0 Å². The van der Waals surface area contributed by atoms with Crippen LogP contribution in [0.2, 0.25) is 5.02 Å². The number of hydrogen-bond acceptors (Lipinski definition) is 8. The number of nitrogen functional groups attached to an aromatic ring is 1. The Bertz CT molecular complexity index is 1880. The monoisotopic (exact) mass is 698 g/mol. The number of halogens is 4. The molecule has 13 nitrogen and oxygen atoms in total. The van der Waals surface area contributed by atoms with E-state index in [2.05, 4.69) is 30.7 Å². The molecule has 6 N–H and O–H groups in total. The smallest absolute Gasteiger partial charge is 0.383 e. The van der Waals surface area contributed by atoms with Gasteiger partial charge in [-0.25, -0.2) is 9.97 Å².